The van der Waals surface area contributed by atoms with Crippen LogP contribution in [0, 0.1) is 12.8 Å². The molecule has 0 bridgehead atoms. The summed E-state index contributed by atoms with van der Waals surface area (Å²) in [5.74, 6) is 0.716. The predicted octanol–water partition coefficient (Wildman–Crippen LogP) is 4.12. The second-order valence-electron chi connectivity index (χ2n) is 8.36. The number of ketones is 1. The fourth-order valence-electron chi connectivity index (χ4n) is 3.66. The summed E-state index contributed by atoms with van der Waals surface area (Å²) in [5, 5.41) is 3.60. The Hall–Kier alpha value is -3.45. The molecule has 0 aliphatic heterocycles. The highest BCUT2D eigenvalue weighted by atomic mass is 35.5. The van der Waals surface area contributed by atoms with Crippen LogP contribution in [0.5, 0.6) is 11.5 Å². The molecule has 0 atom stereocenters. The van der Waals surface area contributed by atoms with Crippen LogP contribution in [0.25, 0.3) is 10.9 Å². The van der Waals surface area contributed by atoms with E-state index in [2.05, 4.69) is 10.3 Å². The van der Waals surface area contributed by atoms with Crippen molar-refractivity contribution in [1.82, 2.24) is 10.3 Å². The molecule has 2 aromatic carbocycles. The molecule has 33 heavy (non-hydrogen) atoms. The number of nitrogens with two attached hydrogens (primary N) is 1. The molecule has 1 aromatic heterocycles. The first-order valence-corrected chi connectivity index (χ1v) is 11.1. The number of hydrogen-bond acceptors (Lipinski definition) is 5. The number of hydrogen-bond donors (Lipinski definition) is 2. The first kappa shape index (κ1) is 22.7. The van der Waals surface area contributed by atoms with E-state index in [0.717, 1.165) is 18.4 Å². The zero-order valence-corrected chi connectivity index (χ0v) is 18.9. The highest BCUT2D eigenvalue weighted by molar-refractivity contribution is 6.31. The highest BCUT2D eigenvalue weighted by Crippen LogP contribution is 2.35. The van der Waals surface area contributed by atoms with Crippen LogP contribution in [-0.2, 0) is 16.0 Å². The summed E-state index contributed by atoms with van der Waals surface area (Å²) in [4.78, 5) is 40.0. The van der Waals surface area contributed by atoms with Gasteiger partial charge in [-0.1, -0.05) is 17.7 Å². The molecule has 3 N–H and O–H groups in total. The lowest BCUT2D eigenvalue weighted by Gasteiger charge is -2.13. The van der Waals surface area contributed by atoms with Gasteiger partial charge in [0.25, 0.3) is 5.91 Å². The second-order valence-corrected chi connectivity index (χ2v) is 8.77. The average molecular weight is 466 g/mol. The van der Waals surface area contributed by atoms with Crippen molar-refractivity contribution in [2.75, 3.05) is 6.54 Å². The van der Waals surface area contributed by atoms with Crippen molar-refractivity contribution in [3.8, 4) is 11.5 Å². The van der Waals surface area contributed by atoms with E-state index in [1.807, 2.05) is 0 Å². The van der Waals surface area contributed by atoms with Gasteiger partial charge in [-0.2, -0.15) is 0 Å². The Kier molecular flexibility index (Phi) is 6.60. The van der Waals surface area contributed by atoms with E-state index in [4.69, 9.17) is 22.1 Å². The number of aromatic nitrogens is 1. The average Bonchev–Trinajstić information content (AvgIpc) is 3.57. The summed E-state index contributed by atoms with van der Waals surface area (Å²) in [6, 6.07) is 10.4. The van der Waals surface area contributed by atoms with Crippen LogP contribution >= 0.6 is 11.6 Å². The van der Waals surface area contributed by atoms with E-state index in [1.54, 1.807) is 49.5 Å². The summed E-state index contributed by atoms with van der Waals surface area (Å²) < 4.78 is 6.06. The van der Waals surface area contributed by atoms with Gasteiger partial charge in [-0.15, -0.1) is 0 Å². The highest BCUT2D eigenvalue weighted by Gasteiger charge is 2.24. The molecule has 8 heteroatoms. The fraction of sp³-hybridized carbons (Fsp3) is 0.280. The first-order valence-electron chi connectivity index (χ1n) is 10.7. The Bertz CT molecular complexity index is 1250. The number of Topliss-reactive ketones (excluding diaryl/α,β-unsaturated/α-hetero) is 1. The Morgan fingerprint density at radius 3 is 2.67 bits per heavy atom. The van der Waals surface area contributed by atoms with E-state index in [9.17, 15) is 14.4 Å². The van der Waals surface area contributed by atoms with E-state index in [0.29, 0.717) is 57.3 Å². The number of carbonyl (C=O) groups is 3. The lowest BCUT2D eigenvalue weighted by Crippen LogP contribution is -2.33. The van der Waals surface area contributed by atoms with Gasteiger partial charge in [0.1, 0.15) is 17.3 Å². The standard InChI is InChI=1S/C25H24ClN3O4/c1-14-8-22-20(12-19(14)25(32)29-13-24(27)31)23(6-7-28-22)33-18-5-4-16(21(26)11-18)10-17(30)9-15-2-3-15/h4-8,11-12,15H,2-3,9-10,13H2,1H3,(H2,27,31)(H,29,32). The Balaban J connectivity index is 1.57. The maximum atomic E-state index is 12.5. The van der Waals surface area contributed by atoms with Gasteiger partial charge in [-0.25, -0.2) is 0 Å². The lowest BCUT2D eigenvalue weighted by atomic mass is 10.0. The Morgan fingerprint density at radius 1 is 1.18 bits per heavy atom. The maximum absolute atomic E-state index is 12.5. The van der Waals surface area contributed by atoms with Gasteiger partial charge in [-0.05, 0) is 67.1 Å². The molecule has 1 saturated carbocycles. The minimum atomic E-state index is -0.623. The van der Waals surface area contributed by atoms with Gasteiger partial charge in [0.2, 0.25) is 5.91 Å². The minimum absolute atomic E-state index is 0.200. The Labute approximate surface area is 196 Å². The van der Waals surface area contributed by atoms with Gasteiger partial charge < -0.3 is 15.8 Å². The molecular formula is C25H24ClN3O4. The molecule has 1 heterocycles. The van der Waals surface area contributed by atoms with Crippen molar-refractivity contribution in [2.24, 2.45) is 11.7 Å². The van der Waals surface area contributed by atoms with Crippen molar-refractivity contribution in [2.45, 2.75) is 32.6 Å². The van der Waals surface area contributed by atoms with E-state index in [1.165, 1.54) is 0 Å². The summed E-state index contributed by atoms with van der Waals surface area (Å²) in [6.45, 7) is 1.54. The van der Waals surface area contributed by atoms with E-state index in [-0.39, 0.29) is 12.3 Å². The fourth-order valence-corrected chi connectivity index (χ4v) is 3.90. The van der Waals surface area contributed by atoms with Crippen LogP contribution in [0.1, 0.15) is 40.7 Å². The molecule has 1 aliphatic carbocycles. The molecule has 0 unspecified atom stereocenters. The number of halogens is 1. The molecule has 2 amide bonds. The number of rotatable bonds is 9. The number of benzene rings is 2. The molecule has 0 spiro atoms. The Morgan fingerprint density at radius 2 is 1.97 bits per heavy atom. The third-order valence-electron chi connectivity index (χ3n) is 5.57. The van der Waals surface area contributed by atoms with Crippen LogP contribution in [0.4, 0.5) is 0 Å². The van der Waals surface area contributed by atoms with Crippen molar-refractivity contribution >= 4 is 40.1 Å². The molecule has 0 radical (unpaired) electrons. The number of fused-ring (bicyclic) bond motifs is 1. The lowest BCUT2D eigenvalue weighted by molar-refractivity contribution is -0.119. The van der Waals surface area contributed by atoms with E-state index < -0.39 is 11.8 Å². The number of primary amides is 1. The molecule has 1 fully saturated rings. The van der Waals surface area contributed by atoms with Crippen molar-refractivity contribution in [3.05, 3.63) is 64.3 Å². The van der Waals surface area contributed by atoms with Gasteiger partial charge in [0.15, 0.2) is 0 Å². The van der Waals surface area contributed by atoms with E-state index >= 15 is 0 Å². The molecule has 7 nitrogen and oxygen atoms in total. The monoisotopic (exact) mass is 465 g/mol. The summed E-state index contributed by atoms with van der Waals surface area (Å²) in [5.41, 5.74) is 7.65. The van der Waals surface area contributed by atoms with Crippen LogP contribution < -0.4 is 15.8 Å². The van der Waals surface area contributed by atoms with Gasteiger partial charge in [0, 0.05) is 35.0 Å². The molecule has 4 rings (SSSR count). The quantitative estimate of drug-likeness (QED) is 0.493. The number of nitrogens with one attached hydrogen (secondary N) is 1. The zero-order valence-electron chi connectivity index (χ0n) is 18.2. The minimum Gasteiger partial charge on any atom is -0.457 e. The molecular weight excluding hydrogens is 442 g/mol. The summed E-state index contributed by atoms with van der Waals surface area (Å²) >= 11 is 6.42. The normalized spacial score (nSPS) is 13.0. The number of pyridine rings is 1. The third-order valence-corrected chi connectivity index (χ3v) is 5.92. The SMILES string of the molecule is Cc1cc2nccc(Oc3ccc(CC(=O)CC4CC4)c(Cl)c3)c2cc1C(=O)NCC(N)=O. The number of amides is 2. The predicted molar refractivity (Wildman–Crippen MR) is 126 cm³/mol. The smallest absolute Gasteiger partial charge is 0.252 e. The number of nitrogens with zero attached hydrogens (tertiary/aromatic N) is 1. The van der Waals surface area contributed by atoms with Crippen molar-refractivity contribution < 1.29 is 19.1 Å². The van der Waals surface area contributed by atoms with Crippen LogP contribution in [0.3, 0.4) is 0 Å². The van der Waals surface area contributed by atoms with Crippen LogP contribution in [-0.4, -0.2) is 29.1 Å². The first-order chi connectivity index (χ1) is 15.8. The topological polar surface area (TPSA) is 111 Å². The van der Waals surface area contributed by atoms with Crippen molar-refractivity contribution in [1.29, 1.82) is 0 Å². The molecule has 0 saturated heterocycles. The van der Waals surface area contributed by atoms with Gasteiger partial charge in [0.05, 0.1) is 12.1 Å². The second kappa shape index (κ2) is 9.58. The summed E-state index contributed by atoms with van der Waals surface area (Å²) in [6.07, 6.45) is 4.83. The maximum Gasteiger partial charge on any atom is 0.252 e. The largest absolute Gasteiger partial charge is 0.457 e. The number of ether oxygens (including phenoxy) is 1. The molecule has 1 aliphatic rings. The molecule has 3 aromatic rings. The van der Waals surface area contributed by atoms with Crippen molar-refractivity contribution in [3.63, 3.8) is 0 Å². The number of carbonyl (C=O) groups excluding carboxylic acids is 3. The molecule has 170 valence electrons. The van der Waals surface area contributed by atoms with Gasteiger partial charge >= 0.3 is 0 Å². The van der Waals surface area contributed by atoms with Crippen LogP contribution in [0.15, 0.2) is 42.6 Å². The summed E-state index contributed by atoms with van der Waals surface area (Å²) in [7, 11) is 0. The zero-order chi connectivity index (χ0) is 23.5. The van der Waals surface area contributed by atoms with Gasteiger partial charge in [-0.3, -0.25) is 19.4 Å². The third kappa shape index (κ3) is 5.68. The number of aryl methyl sites for hydroxylation is 1. The van der Waals surface area contributed by atoms with Crippen LogP contribution in [0.2, 0.25) is 5.02 Å².